The summed E-state index contributed by atoms with van der Waals surface area (Å²) in [7, 11) is -5.17. The Morgan fingerprint density at radius 2 is 1.17 bits per heavy atom. The van der Waals surface area contributed by atoms with Crippen molar-refractivity contribution in [3.05, 3.63) is 48.8 Å². The summed E-state index contributed by atoms with van der Waals surface area (Å²) in [4.78, 5) is 8.37. The molecule has 0 fully saturated rings. The van der Waals surface area contributed by atoms with Gasteiger partial charge in [0.2, 0.25) is 0 Å². The van der Waals surface area contributed by atoms with E-state index in [0.29, 0.717) is 0 Å². The fourth-order valence-corrected chi connectivity index (χ4v) is 1.03. The molecule has 0 atom stereocenters. The van der Waals surface area contributed by atoms with Gasteiger partial charge in [-0.2, -0.15) is 0 Å². The van der Waals surface area contributed by atoms with E-state index in [1.807, 2.05) is 36.4 Å². The van der Waals surface area contributed by atoms with Gasteiger partial charge >= 0.3 is 22.4 Å². The molecule has 2 heterocycles. The van der Waals surface area contributed by atoms with E-state index in [1.165, 1.54) is 0 Å². The van der Waals surface area contributed by atoms with E-state index in [0.717, 1.165) is 11.4 Å². The van der Waals surface area contributed by atoms with Crippen LogP contribution in [0.25, 0.3) is 11.4 Å². The van der Waals surface area contributed by atoms with Gasteiger partial charge in [0.15, 0.2) is 0 Å². The Labute approximate surface area is 120 Å². The predicted molar refractivity (Wildman–Crippen MR) is 57.9 cm³/mol. The summed E-state index contributed by atoms with van der Waals surface area (Å²) in [6.45, 7) is 0. The van der Waals surface area contributed by atoms with Gasteiger partial charge in [0.05, 0.1) is 11.4 Å². The first kappa shape index (κ1) is 16.9. The summed E-state index contributed by atoms with van der Waals surface area (Å²) in [6.07, 6.45) is 3.54. The van der Waals surface area contributed by atoms with Gasteiger partial charge in [0.25, 0.3) is 0 Å². The van der Waals surface area contributed by atoms with Crippen molar-refractivity contribution < 1.29 is 39.9 Å². The van der Waals surface area contributed by atoms with E-state index in [2.05, 4.69) is 9.97 Å². The van der Waals surface area contributed by atoms with Crippen molar-refractivity contribution in [2.45, 2.75) is 0 Å². The van der Waals surface area contributed by atoms with E-state index in [-0.39, 0.29) is 22.4 Å². The number of hydrogen-bond donors (Lipinski definition) is 0. The molecule has 0 spiro atoms. The van der Waals surface area contributed by atoms with Crippen molar-refractivity contribution in [1.29, 1.82) is 0 Å². The number of aromatic nitrogens is 2. The van der Waals surface area contributed by atoms with E-state index >= 15 is 0 Å². The third kappa shape index (κ3) is 8.07. The van der Waals surface area contributed by atoms with Crippen LogP contribution in [-0.2, 0) is 32.8 Å². The summed E-state index contributed by atoms with van der Waals surface area (Å²) >= 11 is 0. The van der Waals surface area contributed by atoms with Crippen molar-refractivity contribution in [3.63, 3.8) is 0 Å². The average Bonchev–Trinajstić information content (AvgIpc) is 2.29. The maximum absolute atomic E-state index is 8.52. The Morgan fingerprint density at radius 3 is 1.39 bits per heavy atom. The Bertz CT molecular complexity index is 503. The summed E-state index contributed by atoms with van der Waals surface area (Å²) in [5, 5.41) is 0. The average molecular weight is 360 g/mol. The SMILES string of the molecule is O=S(=O)([O-])[O-].[Ag+2].c1ccc(-c2ccccn2)nc1. The zero-order chi connectivity index (χ0) is 12.7. The maximum Gasteiger partial charge on any atom is 2.00 e. The topological polar surface area (TPSA) is 106 Å². The summed E-state index contributed by atoms with van der Waals surface area (Å²) in [5.74, 6) is 0. The quantitative estimate of drug-likeness (QED) is 0.423. The molecule has 0 aliphatic heterocycles. The summed E-state index contributed by atoms with van der Waals surface area (Å²) < 4.78 is 34.1. The van der Waals surface area contributed by atoms with Gasteiger partial charge in [-0.25, -0.2) is 0 Å². The molecule has 99 valence electrons. The van der Waals surface area contributed by atoms with Gasteiger partial charge in [-0.3, -0.25) is 18.4 Å². The molecule has 1 radical (unpaired) electrons. The third-order valence-electron chi connectivity index (χ3n) is 1.59. The first-order valence-electron chi connectivity index (χ1n) is 4.46. The monoisotopic (exact) mass is 359 g/mol. The molecule has 0 unspecified atom stereocenters. The zero-order valence-electron chi connectivity index (χ0n) is 8.86. The Balaban J connectivity index is 0.000000421. The smallest absolute Gasteiger partial charge is 0.759 e. The van der Waals surface area contributed by atoms with Crippen LogP contribution < -0.4 is 0 Å². The molecule has 0 saturated heterocycles. The van der Waals surface area contributed by atoms with Crippen LogP contribution in [-0.4, -0.2) is 27.5 Å². The maximum atomic E-state index is 8.52. The molecule has 0 N–H and O–H groups in total. The van der Waals surface area contributed by atoms with Crippen molar-refractivity contribution in [1.82, 2.24) is 9.97 Å². The first-order chi connectivity index (χ1) is 7.97. The molecular formula is C10H8AgN2O4S. The van der Waals surface area contributed by atoms with Gasteiger partial charge < -0.3 is 9.11 Å². The molecule has 0 aromatic carbocycles. The standard InChI is InChI=1S/C10H8N2.Ag.H2O4S/c1-3-7-11-9(5-1)10-6-2-4-8-12-10;;1-5(2,3)4/h1-8H;;(H2,1,2,3,4)/q;+2;/p-2. The van der Waals surface area contributed by atoms with Gasteiger partial charge in [-0.1, -0.05) is 12.1 Å². The van der Waals surface area contributed by atoms with Crippen LogP contribution in [0.5, 0.6) is 0 Å². The summed E-state index contributed by atoms with van der Waals surface area (Å²) in [5.41, 5.74) is 1.83. The first-order valence-corrected chi connectivity index (χ1v) is 5.79. The van der Waals surface area contributed by atoms with Gasteiger partial charge in [-0.15, -0.1) is 0 Å². The van der Waals surface area contributed by atoms with E-state index in [1.54, 1.807) is 12.4 Å². The number of nitrogens with zero attached hydrogens (tertiary/aromatic N) is 2. The van der Waals surface area contributed by atoms with Crippen LogP contribution in [0.1, 0.15) is 0 Å². The molecule has 0 aliphatic carbocycles. The predicted octanol–water partition coefficient (Wildman–Crippen LogP) is 0.803. The normalized spacial score (nSPS) is 9.67. The van der Waals surface area contributed by atoms with Crippen LogP contribution in [0.3, 0.4) is 0 Å². The minimum absolute atomic E-state index is 0. The minimum atomic E-state index is -5.17. The van der Waals surface area contributed by atoms with Gasteiger partial charge in [0, 0.05) is 22.8 Å². The van der Waals surface area contributed by atoms with Gasteiger partial charge in [0.1, 0.15) is 0 Å². The molecule has 6 nitrogen and oxygen atoms in total. The minimum Gasteiger partial charge on any atom is -0.759 e. The second-order valence-electron chi connectivity index (χ2n) is 2.84. The molecule has 2 rings (SSSR count). The number of pyridine rings is 2. The second-order valence-corrected chi connectivity index (χ2v) is 3.65. The molecule has 18 heavy (non-hydrogen) atoms. The fraction of sp³-hybridized carbons (Fsp3) is 0. The van der Waals surface area contributed by atoms with Crippen LogP contribution in [0.2, 0.25) is 0 Å². The molecule has 0 saturated carbocycles. The fourth-order valence-electron chi connectivity index (χ4n) is 1.03. The van der Waals surface area contributed by atoms with Crippen molar-refractivity contribution in [2.24, 2.45) is 0 Å². The van der Waals surface area contributed by atoms with E-state index < -0.39 is 10.4 Å². The summed E-state index contributed by atoms with van der Waals surface area (Å²) in [6, 6.07) is 11.6. The molecule has 0 amide bonds. The van der Waals surface area contributed by atoms with Crippen LogP contribution >= 0.6 is 0 Å². The van der Waals surface area contributed by atoms with Crippen LogP contribution in [0, 0.1) is 0 Å². The zero-order valence-corrected chi connectivity index (χ0v) is 11.2. The number of rotatable bonds is 1. The Hall–Kier alpha value is -1.09. The number of hydrogen-bond acceptors (Lipinski definition) is 6. The molecule has 0 aliphatic rings. The second kappa shape index (κ2) is 8.09. The molecule has 2 aromatic rings. The van der Waals surface area contributed by atoms with Crippen molar-refractivity contribution in [2.75, 3.05) is 0 Å². The molecule has 2 aromatic heterocycles. The van der Waals surface area contributed by atoms with E-state index in [9.17, 15) is 0 Å². The van der Waals surface area contributed by atoms with Crippen molar-refractivity contribution >= 4 is 10.4 Å². The van der Waals surface area contributed by atoms with E-state index in [4.69, 9.17) is 17.5 Å². The van der Waals surface area contributed by atoms with Crippen LogP contribution in [0.15, 0.2) is 48.8 Å². The molecule has 8 heteroatoms. The molecule has 0 bridgehead atoms. The van der Waals surface area contributed by atoms with Gasteiger partial charge in [-0.05, 0) is 24.3 Å². The Morgan fingerprint density at radius 1 is 0.833 bits per heavy atom. The van der Waals surface area contributed by atoms with Crippen molar-refractivity contribution in [3.8, 4) is 11.4 Å². The molecular weight excluding hydrogens is 352 g/mol. The Kier molecular flexibility index (Phi) is 7.60. The van der Waals surface area contributed by atoms with Crippen LogP contribution in [0.4, 0.5) is 0 Å². The third-order valence-corrected chi connectivity index (χ3v) is 1.59. The largest absolute Gasteiger partial charge is 2.00 e.